The molecule has 1 heterocycles. The molecule has 7 nitrogen and oxygen atoms in total. The lowest BCUT2D eigenvalue weighted by molar-refractivity contribution is -0.119. The van der Waals surface area contributed by atoms with Crippen LogP contribution < -0.4 is 14.4 Å². The molecule has 1 N–H and O–H groups in total. The molecule has 1 amide bonds. The highest BCUT2D eigenvalue weighted by Gasteiger charge is 2.20. The van der Waals surface area contributed by atoms with Gasteiger partial charge in [0.05, 0.1) is 17.0 Å². The number of amides is 1. The van der Waals surface area contributed by atoms with E-state index in [0.29, 0.717) is 29.5 Å². The summed E-state index contributed by atoms with van der Waals surface area (Å²) in [4.78, 5) is 16.5. The molecular formula is C22H23N3O4S2. The van der Waals surface area contributed by atoms with E-state index in [9.17, 15) is 13.2 Å². The number of carbonyl (C=O) groups excluding carboxylic acids is 1. The Bertz CT molecular complexity index is 1080. The number of anilines is 1. The van der Waals surface area contributed by atoms with Crippen LogP contribution in [0.2, 0.25) is 0 Å². The van der Waals surface area contributed by atoms with Crippen molar-refractivity contribution in [1.29, 1.82) is 0 Å². The first-order valence-corrected chi connectivity index (χ1v) is 12.4. The average molecular weight is 458 g/mol. The minimum Gasteiger partial charge on any atom is -0.457 e. The number of hydrogen-bond acceptors (Lipinski definition) is 6. The first kappa shape index (κ1) is 22.6. The number of nitrogens with zero attached hydrogens (tertiary/aromatic N) is 2. The number of para-hydroxylation sites is 1. The minimum atomic E-state index is -3.64. The lowest BCUT2D eigenvalue weighted by Crippen LogP contribution is -2.41. The monoisotopic (exact) mass is 457 g/mol. The molecule has 162 valence electrons. The molecule has 0 fully saturated rings. The van der Waals surface area contributed by atoms with Crippen LogP contribution in [0.4, 0.5) is 5.69 Å². The zero-order valence-corrected chi connectivity index (χ0v) is 18.6. The second-order valence-electron chi connectivity index (χ2n) is 6.55. The Morgan fingerprint density at radius 3 is 2.32 bits per heavy atom. The van der Waals surface area contributed by atoms with Crippen LogP contribution in [0.3, 0.4) is 0 Å². The predicted octanol–water partition coefficient (Wildman–Crippen LogP) is 3.55. The van der Waals surface area contributed by atoms with E-state index in [-0.39, 0.29) is 12.5 Å². The second kappa shape index (κ2) is 10.8. The van der Waals surface area contributed by atoms with E-state index in [1.807, 2.05) is 48.5 Å². The highest BCUT2D eigenvalue weighted by atomic mass is 32.2. The molecule has 0 radical (unpaired) electrons. The molecule has 0 aliphatic rings. The van der Waals surface area contributed by atoms with E-state index in [1.165, 1.54) is 11.8 Å². The highest BCUT2D eigenvalue weighted by Crippen LogP contribution is 2.25. The molecule has 31 heavy (non-hydrogen) atoms. The first-order chi connectivity index (χ1) is 14.9. The fraction of sp³-hybridized carbons (Fsp3) is 0.182. The molecular weight excluding hydrogens is 434 g/mol. The highest BCUT2D eigenvalue weighted by molar-refractivity contribution is 7.99. The van der Waals surface area contributed by atoms with Crippen molar-refractivity contribution in [3.05, 3.63) is 79.0 Å². The number of rotatable bonds is 10. The summed E-state index contributed by atoms with van der Waals surface area (Å²) in [6, 6.07) is 21.5. The van der Waals surface area contributed by atoms with Crippen LogP contribution in [0.25, 0.3) is 0 Å². The zero-order valence-electron chi connectivity index (χ0n) is 17.0. The summed E-state index contributed by atoms with van der Waals surface area (Å²) in [6.45, 7) is 0.105. The van der Waals surface area contributed by atoms with Crippen molar-refractivity contribution in [2.75, 3.05) is 29.4 Å². The lowest BCUT2D eigenvalue weighted by atomic mass is 10.3. The van der Waals surface area contributed by atoms with Gasteiger partial charge in [-0.1, -0.05) is 24.3 Å². The summed E-state index contributed by atoms with van der Waals surface area (Å²) in [5.41, 5.74) is 0.390. The summed E-state index contributed by atoms with van der Waals surface area (Å²) in [6.07, 6.45) is 2.78. The molecule has 0 bridgehead atoms. The smallest absolute Gasteiger partial charge is 0.240 e. The third-order valence-corrected chi connectivity index (χ3v) is 6.19. The van der Waals surface area contributed by atoms with Crippen LogP contribution >= 0.6 is 11.8 Å². The van der Waals surface area contributed by atoms with Crippen LogP contribution in [-0.4, -0.2) is 44.4 Å². The molecule has 3 aromatic rings. The van der Waals surface area contributed by atoms with E-state index in [0.717, 1.165) is 15.6 Å². The van der Waals surface area contributed by atoms with Gasteiger partial charge in [0.1, 0.15) is 18.0 Å². The van der Waals surface area contributed by atoms with Crippen molar-refractivity contribution >= 4 is 33.4 Å². The van der Waals surface area contributed by atoms with Gasteiger partial charge in [0.2, 0.25) is 15.9 Å². The van der Waals surface area contributed by atoms with Crippen molar-refractivity contribution in [2.24, 2.45) is 0 Å². The van der Waals surface area contributed by atoms with Gasteiger partial charge in [0.25, 0.3) is 0 Å². The lowest BCUT2D eigenvalue weighted by Gasteiger charge is -2.22. The Kier molecular flexibility index (Phi) is 7.91. The fourth-order valence-electron chi connectivity index (χ4n) is 2.67. The SMILES string of the molecule is CS(=O)(=O)N(CC(=O)NCCSc1ccccn1)c1ccc(Oc2ccccc2)cc1. The Morgan fingerprint density at radius 1 is 1.00 bits per heavy atom. The second-order valence-corrected chi connectivity index (χ2v) is 9.57. The molecule has 0 saturated carbocycles. The van der Waals surface area contributed by atoms with Crippen molar-refractivity contribution in [3.63, 3.8) is 0 Å². The van der Waals surface area contributed by atoms with Gasteiger partial charge in [0.15, 0.2) is 0 Å². The van der Waals surface area contributed by atoms with Crippen molar-refractivity contribution in [2.45, 2.75) is 5.03 Å². The van der Waals surface area contributed by atoms with Crippen LogP contribution in [-0.2, 0) is 14.8 Å². The molecule has 0 aliphatic carbocycles. The maximum Gasteiger partial charge on any atom is 0.240 e. The normalized spacial score (nSPS) is 11.0. The molecule has 0 unspecified atom stereocenters. The van der Waals surface area contributed by atoms with E-state index in [4.69, 9.17) is 4.74 Å². The summed E-state index contributed by atoms with van der Waals surface area (Å²) in [5, 5.41) is 3.62. The maximum absolute atomic E-state index is 12.3. The van der Waals surface area contributed by atoms with Gasteiger partial charge in [-0.2, -0.15) is 0 Å². The van der Waals surface area contributed by atoms with Crippen LogP contribution in [0, 0.1) is 0 Å². The summed E-state index contributed by atoms with van der Waals surface area (Å²) < 4.78 is 31.3. The van der Waals surface area contributed by atoms with Crippen LogP contribution in [0.1, 0.15) is 0 Å². The topological polar surface area (TPSA) is 88.6 Å². The molecule has 1 aromatic heterocycles. The van der Waals surface area contributed by atoms with Gasteiger partial charge in [-0.15, -0.1) is 11.8 Å². The molecule has 3 rings (SSSR count). The third-order valence-electron chi connectivity index (χ3n) is 4.10. The van der Waals surface area contributed by atoms with E-state index in [2.05, 4.69) is 10.3 Å². The van der Waals surface area contributed by atoms with Gasteiger partial charge < -0.3 is 10.1 Å². The van der Waals surface area contributed by atoms with Crippen LogP contribution in [0.5, 0.6) is 11.5 Å². The summed E-state index contributed by atoms with van der Waals surface area (Å²) in [7, 11) is -3.64. The van der Waals surface area contributed by atoms with E-state index in [1.54, 1.807) is 30.5 Å². The van der Waals surface area contributed by atoms with Gasteiger partial charge >= 0.3 is 0 Å². The van der Waals surface area contributed by atoms with Gasteiger partial charge in [-0.05, 0) is 48.5 Å². The third kappa shape index (κ3) is 7.30. The predicted molar refractivity (Wildman–Crippen MR) is 123 cm³/mol. The number of nitrogens with one attached hydrogen (secondary N) is 1. The largest absolute Gasteiger partial charge is 0.457 e. The van der Waals surface area contributed by atoms with Crippen molar-refractivity contribution in [1.82, 2.24) is 10.3 Å². The fourth-order valence-corrected chi connectivity index (χ4v) is 4.25. The van der Waals surface area contributed by atoms with E-state index < -0.39 is 10.0 Å². The number of carbonyl (C=O) groups is 1. The Hall–Kier alpha value is -3.04. The Morgan fingerprint density at radius 2 is 1.68 bits per heavy atom. The number of thioether (sulfide) groups is 1. The van der Waals surface area contributed by atoms with Crippen molar-refractivity contribution in [3.8, 4) is 11.5 Å². The first-order valence-electron chi connectivity index (χ1n) is 9.53. The molecule has 0 spiro atoms. The Balaban J connectivity index is 1.56. The number of hydrogen-bond donors (Lipinski definition) is 1. The number of ether oxygens (including phenoxy) is 1. The summed E-state index contributed by atoms with van der Waals surface area (Å²) >= 11 is 1.51. The van der Waals surface area contributed by atoms with E-state index >= 15 is 0 Å². The molecule has 0 atom stereocenters. The Labute approximate surface area is 186 Å². The minimum absolute atomic E-state index is 0.300. The number of sulfonamides is 1. The summed E-state index contributed by atoms with van der Waals surface area (Å²) in [5.74, 6) is 1.50. The van der Waals surface area contributed by atoms with Gasteiger partial charge in [-0.3, -0.25) is 9.10 Å². The molecule has 0 saturated heterocycles. The maximum atomic E-state index is 12.3. The van der Waals surface area contributed by atoms with Gasteiger partial charge in [-0.25, -0.2) is 13.4 Å². The number of pyridine rings is 1. The number of benzene rings is 2. The van der Waals surface area contributed by atoms with Crippen molar-refractivity contribution < 1.29 is 17.9 Å². The molecule has 0 aliphatic heterocycles. The molecule has 2 aromatic carbocycles. The number of aromatic nitrogens is 1. The zero-order chi connectivity index (χ0) is 22.1. The standard InChI is InChI=1S/C22H23N3O4S2/c1-31(27,28)25(17-21(26)23-15-16-30-22-9-5-6-14-24-22)18-10-12-20(13-11-18)29-19-7-3-2-4-8-19/h2-14H,15-17H2,1H3,(H,23,26). The van der Waals surface area contributed by atoms with Gasteiger partial charge in [0, 0.05) is 18.5 Å². The molecule has 9 heteroatoms. The quantitative estimate of drug-likeness (QED) is 0.370. The van der Waals surface area contributed by atoms with Crippen LogP contribution in [0.15, 0.2) is 84.0 Å². The average Bonchev–Trinajstić information content (AvgIpc) is 2.76.